The Kier molecular flexibility index (Phi) is 22.2. The van der Waals surface area contributed by atoms with Crippen molar-refractivity contribution >= 4 is 17.9 Å². The minimum Gasteiger partial charge on any atom is -0.465 e. The van der Waals surface area contributed by atoms with Gasteiger partial charge in [0, 0.05) is 12.6 Å². The van der Waals surface area contributed by atoms with E-state index in [9.17, 15) is 9.18 Å². The van der Waals surface area contributed by atoms with Crippen LogP contribution in [0.4, 0.5) is 10.1 Å². The van der Waals surface area contributed by atoms with E-state index in [0.29, 0.717) is 12.0 Å². The van der Waals surface area contributed by atoms with Crippen molar-refractivity contribution in [3.63, 3.8) is 0 Å². The van der Waals surface area contributed by atoms with Crippen LogP contribution in [0.15, 0.2) is 41.9 Å². The third-order valence-electron chi connectivity index (χ3n) is 7.80. The number of hydrogen-bond donors (Lipinski definition) is 0. The molecule has 1 fully saturated rings. The van der Waals surface area contributed by atoms with Crippen molar-refractivity contribution in [1.29, 1.82) is 0 Å². The summed E-state index contributed by atoms with van der Waals surface area (Å²) in [5, 5.41) is 0. The Balaban J connectivity index is 0.000000722. The number of methoxy groups -OCH3 is 1. The van der Waals surface area contributed by atoms with Crippen LogP contribution in [0.1, 0.15) is 140 Å². The molecule has 1 unspecified atom stereocenters. The van der Waals surface area contributed by atoms with Gasteiger partial charge in [-0.25, -0.2) is 9.18 Å². The molecule has 2 aromatic rings. The predicted molar refractivity (Wildman–Crippen MR) is 188 cm³/mol. The molecule has 1 atom stereocenters. The number of aliphatic imine (C=N–C) groups is 1. The summed E-state index contributed by atoms with van der Waals surface area (Å²) in [5.41, 5.74) is 5.44. The normalized spacial score (nSPS) is 13.7. The molecule has 2 aliphatic rings. The molecule has 0 saturated heterocycles. The van der Waals surface area contributed by atoms with Gasteiger partial charge in [-0.3, -0.25) is 4.99 Å². The lowest BCUT2D eigenvalue weighted by molar-refractivity contribution is 0.0594. The topological polar surface area (TPSA) is 38.7 Å². The van der Waals surface area contributed by atoms with E-state index in [1.54, 1.807) is 6.92 Å². The van der Waals surface area contributed by atoms with Crippen LogP contribution in [0.5, 0.6) is 0 Å². The third kappa shape index (κ3) is 14.1. The van der Waals surface area contributed by atoms with Gasteiger partial charge in [0.05, 0.1) is 18.4 Å². The Morgan fingerprint density at radius 2 is 1.74 bits per heavy atom. The molecule has 1 aliphatic heterocycles. The molecular formula is C39H62FNO2. The number of ether oxygens (including phenoxy) is 1. The lowest BCUT2D eigenvalue weighted by Crippen LogP contribution is -2.10. The van der Waals surface area contributed by atoms with Crippen molar-refractivity contribution < 1.29 is 13.9 Å². The minimum atomic E-state index is -0.639. The van der Waals surface area contributed by atoms with Crippen LogP contribution in [0.25, 0.3) is 11.1 Å². The number of carbonyl (C=O) groups is 1. The average molecular weight is 596 g/mol. The molecule has 1 heterocycles. The number of esters is 1. The number of hydrogen-bond acceptors (Lipinski definition) is 3. The summed E-state index contributed by atoms with van der Waals surface area (Å²) >= 11 is 0. The maximum atomic E-state index is 14.5. The third-order valence-corrected chi connectivity index (χ3v) is 7.80. The highest BCUT2D eigenvalue weighted by Gasteiger charge is 2.21. The van der Waals surface area contributed by atoms with Crippen molar-refractivity contribution in [2.75, 3.05) is 7.11 Å². The van der Waals surface area contributed by atoms with E-state index in [1.165, 1.54) is 76.5 Å². The molecule has 0 aromatic heterocycles. The molecule has 3 nitrogen and oxygen atoms in total. The minimum absolute atomic E-state index is 0.0206. The predicted octanol–water partition coefficient (Wildman–Crippen LogP) is 12.4. The Hall–Kier alpha value is -2.75. The Morgan fingerprint density at radius 3 is 2.23 bits per heavy atom. The zero-order valence-corrected chi connectivity index (χ0v) is 29.2. The Labute approximate surface area is 264 Å². The van der Waals surface area contributed by atoms with Crippen LogP contribution in [0.3, 0.4) is 0 Å². The van der Waals surface area contributed by atoms with Gasteiger partial charge in [0.1, 0.15) is 5.82 Å². The van der Waals surface area contributed by atoms with Gasteiger partial charge in [0.25, 0.3) is 0 Å². The number of fused-ring (bicyclic) bond motifs is 1. The number of carbonyl (C=O) groups excluding carboxylic acids is 1. The lowest BCUT2D eigenvalue weighted by Gasteiger charge is -2.16. The number of rotatable bonds is 7. The summed E-state index contributed by atoms with van der Waals surface area (Å²) in [5.74, 6) is 0.729. The zero-order valence-electron chi connectivity index (χ0n) is 29.2. The maximum absolute atomic E-state index is 14.5. The first-order chi connectivity index (χ1) is 20.7. The average Bonchev–Trinajstić information content (AvgIpc) is 3.50. The first-order valence-corrected chi connectivity index (χ1v) is 16.9. The molecule has 43 heavy (non-hydrogen) atoms. The van der Waals surface area contributed by atoms with E-state index in [2.05, 4.69) is 46.2 Å². The van der Waals surface area contributed by atoms with E-state index in [0.717, 1.165) is 40.6 Å². The molecule has 0 spiro atoms. The summed E-state index contributed by atoms with van der Waals surface area (Å²) in [6.07, 6.45) is 17.9. The smallest absolute Gasteiger partial charge is 0.341 e. The van der Waals surface area contributed by atoms with Gasteiger partial charge in [-0.15, -0.1) is 6.58 Å². The molecule has 0 N–H and O–H groups in total. The van der Waals surface area contributed by atoms with E-state index in [1.807, 2.05) is 51.3 Å². The molecular weight excluding hydrogens is 533 g/mol. The molecule has 242 valence electrons. The highest BCUT2D eigenvalue weighted by atomic mass is 19.1. The van der Waals surface area contributed by atoms with Crippen molar-refractivity contribution in [2.24, 2.45) is 16.8 Å². The number of halogens is 1. The van der Waals surface area contributed by atoms with Gasteiger partial charge in [-0.2, -0.15) is 0 Å². The van der Waals surface area contributed by atoms with Crippen LogP contribution in [-0.2, 0) is 17.6 Å². The maximum Gasteiger partial charge on any atom is 0.341 e. The SMILES string of the molecule is C=CCCC(C)CC.CC.CC1CCCCC1.CCC.CCc1c(-c2ccc3c(c2)N=CC3)cc(F)c(C(=O)OC)c1C. The summed E-state index contributed by atoms with van der Waals surface area (Å²) in [4.78, 5) is 16.2. The van der Waals surface area contributed by atoms with Crippen LogP contribution in [0.2, 0.25) is 0 Å². The largest absolute Gasteiger partial charge is 0.465 e. The quantitative estimate of drug-likeness (QED) is 0.236. The Bertz CT molecular complexity index is 1100. The molecule has 0 radical (unpaired) electrons. The fraction of sp³-hybridized carbons (Fsp3) is 0.590. The summed E-state index contributed by atoms with van der Waals surface area (Å²) in [6.45, 7) is 22.6. The zero-order chi connectivity index (χ0) is 32.8. The van der Waals surface area contributed by atoms with Gasteiger partial charge >= 0.3 is 5.97 Å². The van der Waals surface area contributed by atoms with E-state index in [-0.39, 0.29) is 5.56 Å². The molecule has 1 saturated carbocycles. The van der Waals surface area contributed by atoms with Crippen molar-refractivity contribution in [1.82, 2.24) is 0 Å². The van der Waals surface area contributed by atoms with Crippen LogP contribution in [0, 0.1) is 24.6 Å². The summed E-state index contributed by atoms with van der Waals surface area (Å²) in [6, 6.07) is 7.42. The second kappa shape index (κ2) is 23.7. The highest BCUT2D eigenvalue weighted by molar-refractivity contribution is 5.93. The molecule has 0 amide bonds. The van der Waals surface area contributed by atoms with Gasteiger partial charge in [-0.1, -0.05) is 119 Å². The summed E-state index contributed by atoms with van der Waals surface area (Å²) < 4.78 is 19.2. The van der Waals surface area contributed by atoms with Gasteiger partial charge in [0.15, 0.2) is 0 Å². The monoisotopic (exact) mass is 595 g/mol. The van der Waals surface area contributed by atoms with Crippen LogP contribution >= 0.6 is 0 Å². The molecule has 4 rings (SSSR count). The molecule has 4 heteroatoms. The van der Waals surface area contributed by atoms with E-state index in [4.69, 9.17) is 4.74 Å². The van der Waals surface area contributed by atoms with Gasteiger partial charge < -0.3 is 4.74 Å². The summed E-state index contributed by atoms with van der Waals surface area (Å²) in [7, 11) is 1.26. The molecule has 2 aromatic carbocycles. The van der Waals surface area contributed by atoms with Gasteiger partial charge in [0.2, 0.25) is 0 Å². The standard InChI is InChI=1S/C19H18FNO2.C8H16.C7H14.C3H8.C2H6/c1-4-14-11(2)18(19(22)23-3)16(20)10-15(14)13-6-5-12-7-8-21-17(12)9-13;1-4-6-7-8(3)5-2;1-7-5-3-2-4-6-7;1-3-2;1-2/h5-6,8-10H,4,7H2,1-3H3;4,8H,1,5-7H2,2-3H3;7H,2-6H2,1H3;3H2,1-2H3;1-2H3. The lowest BCUT2D eigenvalue weighted by atomic mass is 9.90. The number of nitrogens with zero attached hydrogens (tertiary/aromatic N) is 1. The van der Waals surface area contributed by atoms with Crippen molar-refractivity contribution in [2.45, 2.75) is 133 Å². The Morgan fingerprint density at radius 1 is 1.12 bits per heavy atom. The fourth-order valence-corrected chi connectivity index (χ4v) is 5.06. The first kappa shape index (κ1) is 40.2. The van der Waals surface area contributed by atoms with Crippen molar-refractivity contribution in [3.05, 3.63) is 65.0 Å². The van der Waals surface area contributed by atoms with Crippen LogP contribution in [-0.4, -0.2) is 19.3 Å². The highest BCUT2D eigenvalue weighted by Crippen LogP contribution is 2.35. The second-order valence-electron chi connectivity index (χ2n) is 11.4. The van der Waals surface area contributed by atoms with Crippen molar-refractivity contribution in [3.8, 4) is 11.1 Å². The van der Waals surface area contributed by atoms with Crippen LogP contribution < -0.4 is 0 Å². The first-order valence-electron chi connectivity index (χ1n) is 16.9. The van der Waals surface area contributed by atoms with E-state index < -0.39 is 11.8 Å². The molecule has 0 bridgehead atoms. The number of allylic oxidation sites excluding steroid dienone is 1. The molecule has 1 aliphatic carbocycles. The van der Waals surface area contributed by atoms with Gasteiger partial charge in [-0.05, 0) is 78.0 Å². The fourth-order valence-electron chi connectivity index (χ4n) is 5.06. The second-order valence-corrected chi connectivity index (χ2v) is 11.4. The van der Waals surface area contributed by atoms with E-state index >= 15 is 0 Å². The number of benzene rings is 2.